The molecule has 1 fully saturated rings. The minimum atomic E-state index is 0.633. The van der Waals surface area contributed by atoms with Crippen LogP contribution in [0.2, 0.25) is 0 Å². The van der Waals surface area contributed by atoms with E-state index < -0.39 is 0 Å². The first-order valence-corrected chi connectivity index (χ1v) is 7.55. The quantitative estimate of drug-likeness (QED) is 0.661. The van der Waals surface area contributed by atoms with Gasteiger partial charge in [0.05, 0.1) is 26.0 Å². The van der Waals surface area contributed by atoms with E-state index in [9.17, 15) is 0 Å². The van der Waals surface area contributed by atoms with Crippen molar-refractivity contribution in [3.05, 3.63) is 23.3 Å². The van der Waals surface area contributed by atoms with Crippen molar-refractivity contribution >= 4 is 5.69 Å². The molecule has 4 nitrogen and oxygen atoms in total. The van der Waals surface area contributed by atoms with Gasteiger partial charge in [0, 0.05) is 19.1 Å². The van der Waals surface area contributed by atoms with Gasteiger partial charge in [-0.05, 0) is 48.9 Å². The number of morpholine rings is 1. The van der Waals surface area contributed by atoms with Crippen LogP contribution in [0, 0.1) is 0 Å². The number of nitrogens with two attached hydrogens (primary N) is 1. The van der Waals surface area contributed by atoms with Crippen molar-refractivity contribution < 1.29 is 9.47 Å². The van der Waals surface area contributed by atoms with Crippen molar-refractivity contribution in [3.8, 4) is 5.75 Å². The largest absolute Gasteiger partial charge is 0.495 e. The number of nitrogens with zero attached hydrogens (tertiary/aromatic N) is 1. The molecule has 0 spiro atoms. The molecular formula is C16H24N2O2. The first-order valence-electron chi connectivity index (χ1n) is 7.55. The summed E-state index contributed by atoms with van der Waals surface area (Å²) in [5, 5.41) is 0. The van der Waals surface area contributed by atoms with Crippen molar-refractivity contribution in [2.45, 2.75) is 31.7 Å². The zero-order valence-corrected chi connectivity index (χ0v) is 12.2. The second-order valence-electron chi connectivity index (χ2n) is 5.76. The Balaban J connectivity index is 1.82. The van der Waals surface area contributed by atoms with Crippen LogP contribution in [0.3, 0.4) is 0 Å². The van der Waals surface area contributed by atoms with Crippen LogP contribution in [0.4, 0.5) is 5.69 Å². The third kappa shape index (κ3) is 2.76. The first kappa shape index (κ1) is 13.7. The number of methoxy groups -OCH3 is 1. The number of hydrogen-bond acceptors (Lipinski definition) is 4. The third-order valence-electron chi connectivity index (χ3n) is 4.55. The van der Waals surface area contributed by atoms with Gasteiger partial charge in [-0.2, -0.15) is 0 Å². The molecule has 0 aromatic heterocycles. The predicted octanol–water partition coefficient (Wildman–Crippen LogP) is 1.86. The van der Waals surface area contributed by atoms with Gasteiger partial charge in [-0.3, -0.25) is 4.90 Å². The van der Waals surface area contributed by atoms with Gasteiger partial charge in [0.1, 0.15) is 5.75 Å². The number of nitrogen functional groups attached to an aromatic ring is 1. The molecule has 3 rings (SSSR count). The van der Waals surface area contributed by atoms with Gasteiger partial charge < -0.3 is 15.2 Å². The molecule has 0 saturated carbocycles. The molecule has 0 bridgehead atoms. The molecular weight excluding hydrogens is 252 g/mol. The molecule has 0 radical (unpaired) electrons. The highest BCUT2D eigenvalue weighted by Crippen LogP contribution is 2.31. The van der Waals surface area contributed by atoms with Crippen LogP contribution in [0.1, 0.15) is 24.0 Å². The van der Waals surface area contributed by atoms with E-state index in [-0.39, 0.29) is 0 Å². The van der Waals surface area contributed by atoms with E-state index in [0.29, 0.717) is 6.04 Å². The van der Waals surface area contributed by atoms with Crippen molar-refractivity contribution in [2.24, 2.45) is 0 Å². The summed E-state index contributed by atoms with van der Waals surface area (Å²) in [5.41, 5.74) is 9.60. The minimum absolute atomic E-state index is 0.633. The number of anilines is 1. The van der Waals surface area contributed by atoms with Crippen molar-refractivity contribution in [2.75, 3.05) is 39.1 Å². The fourth-order valence-corrected chi connectivity index (χ4v) is 3.42. The third-order valence-corrected chi connectivity index (χ3v) is 4.55. The Kier molecular flexibility index (Phi) is 4.13. The molecule has 110 valence electrons. The zero-order valence-electron chi connectivity index (χ0n) is 12.2. The minimum Gasteiger partial charge on any atom is -0.495 e. The normalized spacial score (nSPS) is 23.9. The number of ether oxygens (including phenoxy) is 2. The van der Waals surface area contributed by atoms with Crippen LogP contribution in [-0.4, -0.2) is 44.4 Å². The zero-order chi connectivity index (χ0) is 13.9. The summed E-state index contributed by atoms with van der Waals surface area (Å²) in [7, 11) is 1.69. The summed E-state index contributed by atoms with van der Waals surface area (Å²) < 4.78 is 10.8. The molecule has 2 N–H and O–H groups in total. The molecule has 0 amide bonds. The molecule has 20 heavy (non-hydrogen) atoms. The SMILES string of the molecule is COc1cc2c(cc1N)CCCC(N1CCOCC1)C2. The molecule has 1 aliphatic heterocycles. The summed E-state index contributed by atoms with van der Waals surface area (Å²) in [4.78, 5) is 2.58. The Labute approximate surface area is 120 Å². The molecule has 4 heteroatoms. The number of aryl methyl sites for hydroxylation is 1. The molecule has 1 aliphatic carbocycles. The Bertz CT molecular complexity index is 470. The van der Waals surface area contributed by atoms with Crippen LogP contribution >= 0.6 is 0 Å². The standard InChI is InChI=1S/C16H24N2O2/c1-19-16-11-13-9-14(18-5-7-20-8-6-18)4-2-3-12(13)10-15(16)17/h10-11,14H,2-9,17H2,1H3. The highest BCUT2D eigenvalue weighted by atomic mass is 16.5. The number of benzene rings is 1. The van der Waals surface area contributed by atoms with E-state index in [4.69, 9.17) is 15.2 Å². The molecule has 2 aliphatic rings. The predicted molar refractivity (Wildman–Crippen MR) is 80.2 cm³/mol. The summed E-state index contributed by atoms with van der Waals surface area (Å²) >= 11 is 0. The lowest BCUT2D eigenvalue weighted by Gasteiger charge is -2.34. The molecule has 1 aromatic rings. The van der Waals surface area contributed by atoms with E-state index >= 15 is 0 Å². The topological polar surface area (TPSA) is 47.7 Å². The lowest BCUT2D eigenvalue weighted by atomic mass is 9.99. The fraction of sp³-hybridized carbons (Fsp3) is 0.625. The van der Waals surface area contributed by atoms with E-state index in [1.807, 2.05) is 0 Å². The molecule has 1 aromatic carbocycles. The van der Waals surface area contributed by atoms with Gasteiger partial charge in [-0.1, -0.05) is 0 Å². The van der Waals surface area contributed by atoms with Gasteiger partial charge in [-0.15, -0.1) is 0 Å². The summed E-state index contributed by atoms with van der Waals surface area (Å²) in [6.07, 6.45) is 4.73. The van der Waals surface area contributed by atoms with Crippen LogP contribution in [-0.2, 0) is 17.6 Å². The lowest BCUT2D eigenvalue weighted by Crippen LogP contribution is -2.44. The molecule has 1 saturated heterocycles. The smallest absolute Gasteiger partial charge is 0.142 e. The van der Waals surface area contributed by atoms with Crippen LogP contribution in [0.25, 0.3) is 0 Å². The maximum Gasteiger partial charge on any atom is 0.142 e. The number of hydrogen-bond donors (Lipinski definition) is 1. The highest BCUT2D eigenvalue weighted by molar-refractivity contribution is 5.57. The van der Waals surface area contributed by atoms with Crippen LogP contribution in [0.5, 0.6) is 5.75 Å². The van der Waals surface area contributed by atoms with E-state index in [1.165, 1.54) is 24.0 Å². The maximum atomic E-state index is 6.03. The van der Waals surface area contributed by atoms with Gasteiger partial charge >= 0.3 is 0 Å². The van der Waals surface area contributed by atoms with Gasteiger partial charge in [-0.25, -0.2) is 0 Å². The number of rotatable bonds is 2. The van der Waals surface area contributed by atoms with E-state index in [2.05, 4.69) is 17.0 Å². The maximum absolute atomic E-state index is 6.03. The number of fused-ring (bicyclic) bond motifs is 1. The molecule has 1 heterocycles. The van der Waals surface area contributed by atoms with Gasteiger partial charge in [0.25, 0.3) is 0 Å². The van der Waals surface area contributed by atoms with Crippen LogP contribution < -0.4 is 10.5 Å². The average molecular weight is 276 g/mol. The van der Waals surface area contributed by atoms with Crippen LogP contribution in [0.15, 0.2) is 12.1 Å². The second kappa shape index (κ2) is 6.02. The Hall–Kier alpha value is -1.26. The van der Waals surface area contributed by atoms with E-state index in [0.717, 1.165) is 50.6 Å². The fourth-order valence-electron chi connectivity index (χ4n) is 3.42. The van der Waals surface area contributed by atoms with Crippen molar-refractivity contribution in [1.29, 1.82) is 0 Å². The van der Waals surface area contributed by atoms with Gasteiger partial charge in [0.2, 0.25) is 0 Å². The summed E-state index contributed by atoms with van der Waals surface area (Å²) in [6, 6.07) is 4.88. The summed E-state index contributed by atoms with van der Waals surface area (Å²) in [6.45, 7) is 3.86. The average Bonchev–Trinajstić information content (AvgIpc) is 2.69. The van der Waals surface area contributed by atoms with Crippen molar-refractivity contribution in [1.82, 2.24) is 4.90 Å². The Morgan fingerprint density at radius 2 is 2.05 bits per heavy atom. The molecule has 1 unspecified atom stereocenters. The Morgan fingerprint density at radius 3 is 2.80 bits per heavy atom. The molecule has 1 atom stereocenters. The highest BCUT2D eigenvalue weighted by Gasteiger charge is 2.24. The second-order valence-corrected chi connectivity index (χ2v) is 5.76. The van der Waals surface area contributed by atoms with E-state index in [1.54, 1.807) is 7.11 Å². The summed E-state index contributed by atoms with van der Waals surface area (Å²) in [5.74, 6) is 0.811. The van der Waals surface area contributed by atoms with Gasteiger partial charge in [0.15, 0.2) is 0 Å². The monoisotopic (exact) mass is 276 g/mol. The Morgan fingerprint density at radius 1 is 1.25 bits per heavy atom. The van der Waals surface area contributed by atoms with Crippen molar-refractivity contribution in [3.63, 3.8) is 0 Å². The first-order chi connectivity index (χ1) is 9.78. The lowest BCUT2D eigenvalue weighted by molar-refractivity contribution is 0.0149.